The van der Waals surface area contributed by atoms with Crippen molar-refractivity contribution in [2.45, 2.75) is 23.6 Å². The highest BCUT2D eigenvalue weighted by Gasteiger charge is 2.04. The Morgan fingerprint density at radius 1 is 1.41 bits per heavy atom. The monoisotopic (exact) mass is 327 g/mol. The lowest BCUT2D eigenvalue weighted by Gasteiger charge is -2.07. The maximum atomic E-state index is 5.88. The number of halogens is 1. The molecule has 1 unspecified atom stereocenters. The number of nitrogens with two attached hydrogens (primary N) is 1. The Labute approximate surface area is 119 Å². The van der Waals surface area contributed by atoms with Gasteiger partial charge in [0.2, 0.25) is 0 Å². The lowest BCUT2D eigenvalue weighted by atomic mass is 10.1. The van der Waals surface area contributed by atoms with Crippen LogP contribution < -0.4 is 5.73 Å². The molecule has 0 bridgehead atoms. The minimum absolute atomic E-state index is 0.101. The van der Waals surface area contributed by atoms with Gasteiger partial charge >= 0.3 is 0 Å². The van der Waals surface area contributed by atoms with Crippen molar-refractivity contribution >= 4 is 39.0 Å². The molecule has 17 heavy (non-hydrogen) atoms. The Morgan fingerprint density at radius 2 is 2.24 bits per heavy atom. The molecule has 90 valence electrons. The molecule has 0 fully saturated rings. The van der Waals surface area contributed by atoms with E-state index in [1.807, 2.05) is 18.7 Å². The SMILES string of the molecule is CC(N)c1cccc(SCc2sccc2Br)c1. The van der Waals surface area contributed by atoms with Gasteiger partial charge in [0.15, 0.2) is 0 Å². The maximum absolute atomic E-state index is 5.88. The molecule has 4 heteroatoms. The molecular formula is C13H14BrNS2. The fraction of sp³-hybridized carbons (Fsp3) is 0.231. The topological polar surface area (TPSA) is 26.0 Å². The first-order chi connectivity index (χ1) is 8.16. The van der Waals surface area contributed by atoms with Gasteiger partial charge in [0.1, 0.15) is 0 Å². The second-order valence-electron chi connectivity index (χ2n) is 3.84. The fourth-order valence-electron chi connectivity index (χ4n) is 1.46. The van der Waals surface area contributed by atoms with Gasteiger partial charge in [-0.25, -0.2) is 0 Å². The summed E-state index contributed by atoms with van der Waals surface area (Å²) in [5, 5.41) is 2.11. The molecule has 0 spiro atoms. The average Bonchev–Trinajstić information content (AvgIpc) is 2.72. The summed E-state index contributed by atoms with van der Waals surface area (Å²) in [6, 6.07) is 10.7. The third-order valence-corrected chi connectivity index (χ3v) is 5.57. The van der Waals surface area contributed by atoms with Crippen LogP contribution in [0.1, 0.15) is 23.4 Å². The van der Waals surface area contributed by atoms with Crippen LogP contribution in [0.4, 0.5) is 0 Å². The normalized spacial score (nSPS) is 12.6. The highest BCUT2D eigenvalue weighted by Crippen LogP contribution is 2.31. The first-order valence-electron chi connectivity index (χ1n) is 5.37. The molecule has 2 N–H and O–H groups in total. The Morgan fingerprint density at radius 3 is 2.88 bits per heavy atom. The van der Waals surface area contributed by atoms with Crippen LogP contribution in [-0.4, -0.2) is 0 Å². The van der Waals surface area contributed by atoms with E-state index in [0.29, 0.717) is 0 Å². The van der Waals surface area contributed by atoms with Crippen molar-refractivity contribution in [3.8, 4) is 0 Å². The number of rotatable bonds is 4. The molecule has 0 saturated carbocycles. The molecule has 0 radical (unpaired) electrons. The Kier molecular flexibility index (Phi) is 4.68. The Balaban J connectivity index is 2.04. The van der Waals surface area contributed by atoms with Crippen LogP contribution >= 0.6 is 39.0 Å². The summed E-state index contributed by atoms with van der Waals surface area (Å²) >= 11 is 7.19. The van der Waals surface area contributed by atoms with E-state index < -0.39 is 0 Å². The number of benzene rings is 1. The minimum atomic E-state index is 0.101. The van der Waals surface area contributed by atoms with Crippen molar-refractivity contribution in [3.05, 3.63) is 50.6 Å². The Hall–Kier alpha value is -0.290. The molecule has 1 aromatic carbocycles. The summed E-state index contributed by atoms with van der Waals surface area (Å²) in [5.74, 6) is 1.00. The van der Waals surface area contributed by atoms with Crippen molar-refractivity contribution in [3.63, 3.8) is 0 Å². The lowest BCUT2D eigenvalue weighted by molar-refractivity contribution is 0.815. The first-order valence-corrected chi connectivity index (χ1v) is 8.03. The molecule has 1 atom stereocenters. The zero-order valence-corrected chi connectivity index (χ0v) is 12.7. The second-order valence-corrected chi connectivity index (χ2v) is 6.75. The maximum Gasteiger partial charge on any atom is 0.0337 e. The van der Waals surface area contributed by atoms with Crippen LogP contribution in [0.15, 0.2) is 45.1 Å². The van der Waals surface area contributed by atoms with Crippen LogP contribution in [0.3, 0.4) is 0 Å². The van der Waals surface area contributed by atoms with Gasteiger partial charge in [0.05, 0.1) is 0 Å². The van der Waals surface area contributed by atoms with Gasteiger partial charge in [-0.1, -0.05) is 12.1 Å². The zero-order valence-electron chi connectivity index (χ0n) is 9.52. The standard InChI is InChI=1S/C13H14BrNS2/c1-9(15)10-3-2-4-11(7-10)17-8-13-12(14)5-6-16-13/h2-7,9H,8,15H2,1H3. The van der Waals surface area contributed by atoms with Crippen LogP contribution in [0, 0.1) is 0 Å². The van der Waals surface area contributed by atoms with Gasteiger partial charge < -0.3 is 5.73 Å². The molecule has 2 aromatic rings. The van der Waals surface area contributed by atoms with Gasteiger partial charge in [-0.05, 0) is 52.0 Å². The van der Waals surface area contributed by atoms with Crippen LogP contribution in [0.5, 0.6) is 0 Å². The smallest absolute Gasteiger partial charge is 0.0337 e. The predicted octanol–water partition coefficient (Wildman–Crippen LogP) is 4.82. The molecular weight excluding hydrogens is 314 g/mol. The highest BCUT2D eigenvalue weighted by atomic mass is 79.9. The summed E-state index contributed by atoms with van der Waals surface area (Å²) in [7, 11) is 0. The second kappa shape index (κ2) is 6.05. The predicted molar refractivity (Wildman–Crippen MR) is 80.6 cm³/mol. The number of thioether (sulfide) groups is 1. The van der Waals surface area contributed by atoms with E-state index in [2.05, 4.69) is 51.6 Å². The molecule has 1 heterocycles. The van der Waals surface area contributed by atoms with E-state index in [1.54, 1.807) is 11.3 Å². The molecule has 2 rings (SSSR count). The summed E-state index contributed by atoms with van der Waals surface area (Å²) in [6.45, 7) is 2.01. The van der Waals surface area contributed by atoms with Crippen molar-refractivity contribution in [1.82, 2.24) is 0 Å². The molecule has 0 aliphatic rings. The van der Waals surface area contributed by atoms with Crippen molar-refractivity contribution in [2.75, 3.05) is 0 Å². The molecule has 0 aliphatic carbocycles. The third-order valence-electron chi connectivity index (χ3n) is 2.44. The summed E-state index contributed by atoms with van der Waals surface area (Å²) < 4.78 is 1.21. The quantitative estimate of drug-likeness (QED) is 0.814. The summed E-state index contributed by atoms with van der Waals surface area (Å²) in [5.41, 5.74) is 7.08. The molecule has 0 saturated heterocycles. The van der Waals surface area contributed by atoms with Gasteiger partial charge in [0.25, 0.3) is 0 Å². The highest BCUT2D eigenvalue weighted by molar-refractivity contribution is 9.10. The van der Waals surface area contributed by atoms with Crippen molar-refractivity contribution in [1.29, 1.82) is 0 Å². The Bertz CT molecular complexity index is 494. The number of hydrogen-bond donors (Lipinski definition) is 1. The third kappa shape index (κ3) is 3.58. The van der Waals surface area contributed by atoms with Crippen LogP contribution in [0.25, 0.3) is 0 Å². The van der Waals surface area contributed by atoms with E-state index in [1.165, 1.54) is 19.8 Å². The molecule has 0 amide bonds. The molecule has 1 aromatic heterocycles. The summed E-state index contributed by atoms with van der Waals surface area (Å²) in [4.78, 5) is 2.65. The van der Waals surface area contributed by atoms with Crippen LogP contribution in [-0.2, 0) is 5.75 Å². The van der Waals surface area contributed by atoms with Gasteiger partial charge in [-0.15, -0.1) is 23.1 Å². The van der Waals surface area contributed by atoms with Crippen LogP contribution in [0.2, 0.25) is 0 Å². The van der Waals surface area contributed by atoms with Gasteiger partial charge in [-0.2, -0.15) is 0 Å². The zero-order chi connectivity index (χ0) is 12.3. The van der Waals surface area contributed by atoms with E-state index in [-0.39, 0.29) is 6.04 Å². The summed E-state index contributed by atoms with van der Waals surface area (Å²) in [6.07, 6.45) is 0. The minimum Gasteiger partial charge on any atom is -0.324 e. The molecule has 1 nitrogen and oxygen atoms in total. The first kappa shape index (κ1) is 13.1. The average molecular weight is 328 g/mol. The number of hydrogen-bond acceptors (Lipinski definition) is 3. The largest absolute Gasteiger partial charge is 0.324 e. The van der Waals surface area contributed by atoms with Crippen molar-refractivity contribution in [2.24, 2.45) is 5.73 Å². The van der Waals surface area contributed by atoms with Crippen molar-refractivity contribution < 1.29 is 0 Å². The molecule has 0 aliphatic heterocycles. The van der Waals surface area contributed by atoms with E-state index in [9.17, 15) is 0 Å². The van der Waals surface area contributed by atoms with Gasteiger partial charge in [-0.3, -0.25) is 0 Å². The van der Waals surface area contributed by atoms with E-state index >= 15 is 0 Å². The van der Waals surface area contributed by atoms with E-state index in [0.717, 1.165) is 5.75 Å². The fourth-order valence-corrected chi connectivity index (χ4v) is 4.22. The van der Waals surface area contributed by atoms with E-state index in [4.69, 9.17) is 5.73 Å². The number of thiophene rings is 1. The lowest BCUT2D eigenvalue weighted by Crippen LogP contribution is -2.04. The van der Waals surface area contributed by atoms with Gasteiger partial charge in [0, 0.05) is 26.0 Å².